The molecule has 0 aliphatic heterocycles. The van der Waals surface area contributed by atoms with Crippen LogP contribution in [0.3, 0.4) is 0 Å². The topological polar surface area (TPSA) is 88.1 Å². The Morgan fingerprint density at radius 1 is 1.06 bits per heavy atom. The Bertz CT molecular complexity index is 1130. The summed E-state index contributed by atoms with van der Waals surface area (Å²) >= 11 is 1.31. The Morgan fingerprint density at radius 2 is 1.69 bits per heavy atom. The summed E-state index contributed by atoms with van der Waals surface area (Å²) < 4.78 is 88.7. The molecule has 0 saturated carbocycles. The van der Waals surface area contributed by atoms with Gasteiger partial charge in [-0.15, -0.1) is 0 Å². The van der Waals surface area contributed by atoms with Crippen LogP contribution in [0.25, 0.3) is 11.2 Å². The molecule has 1 aromatic carbocycles. The lowest BCUT2D eigenvalue weighted by Gasteiger charge is -2.23. The highest BCUT2D eigenvalue weighted by Gasteiger charge is 2.38. The lowest BCUT2D eigenvalue weighted by atomic mass is 10.3. The second-order valence-corrected chi connectivity index (χ2v) is 11.1. The molecule has 15 heteroatoms. The standard InChI is InChI=1S/C21H24F6N5O2PS/c1-3-33-14-4-6-15(7-5-14)36-18-16-17(30-19(28)31-18)32(11-29-16)8-13(2)34-12-35(9-20(22,23)24)10-21(25,26)27/h4-7,11,13H,3,8-10,12H2,1-2H3,(H2,28,30,31). The summed E-state index contributed by atoms with van der Waals surface area (Å²) in [6.07, 6.45) is -12.3. The number of fused-ring (bicyclic) bond motifs is 1. The average molecular weight is 555 g/mol. The molecule has 0 aliphatic rings. The van der Waals surface area contributed by atoms with Crippen molar-refractivity contribution < 1.29 is 35.8 Å². The quantitative estimate of drug-likeness (QED) is 0.178. The van der Waals surface area contributed by atoms with Crippen LogP contribution in [0, 0.1) is 0 Å². The molecule has 3 rings (SSSR count). The molecule has 0 bridgehead atoms. The van der Waals surface area contributed by atoms with Gasteiger partial charge in [0.1, 0.15) is 16.3 Å². The molecule has 1 unspecified atom stereocenters. The average Bonchev–Trinajstić information content (AvgIpc) is 3.14. The maximum Gasteiger partial charge on any atom is 0.392 e. The Labute approximate surface area is 208 Å². The van der Waals surface area contributed by atoms with Crippen molar-refractivity contribution in [3.63, 3.8) is 0 Å². The first kappa shape index (κ1) is 28.3. The highest BCUT2D eigenvalue weighted by atomic mass is 32.2. The van der Waals surface area contributed by atoms with E-state index < -0.39 is 45.0 Å². The van der Waals surface area contributed by atoms with Gasteiger partial charge in [-0.1, -0.05) is 19.7 Å². The van der Waals surface area contributed by atoms with Crippen molar-refractivity contribution >= 4 is 36.8 Å². The van der Waals surface area contributed by atoms with Crippen LogP contribution in [-0.2, 0) is 11.3 Å². The second kappa shape index (κ2) is 11.8. The zero-order valence-corrected chi connectivity index (χ0v) is 21.0. The third-order valence-corrected chi connectivity index (χ3v) is 7.71. The van der Waals surface area contributed by atoms with Gasteiger partial charge in [0.2, 0.25) is 5.95 Å². The van der Waals surface area contributed by atoms with Crippen LogP contribution in [-0.4, -0.2) is 63.3 Å². The predicted molar refractivity (Wildman–Crippen MR) is 126 cm³/mol. The predicted octanol–water partition coefficient (Wildman–Crippen LogP) is 5.93. The summed E-state index contributed by atoms with van der Waals surface area (Å²) in [4.78, 5) is 13.7. The number of rotatable bonds is 11. The van der Waals surface area contributed by atoms with E-state index in [0.717, 1.165) is 10.6 Å². The number of halogens is 6. The van der Waals surface area contributed by atoms with E-state index in [1.807, 2.05) is 31.2 Å². The van der Waals surface area contributed by atoms with Gasteiger partial charge < -0.3 is 19.8 Å². The van der Waals surface area contributed by atoms with Crippen molar-refractivity contribution in [2.75, 3.05) is 31.0 Å². The minimum absolute atomic E-state index is 0.00914. The van der Waals surface area contributed by atoms with Crippen LogP contribution < -0.4 is 10.5 Å². The molecular formula is C21H24F6N5O2PS. The lowest BCUT2D eigenvalue weighted by molar-refractivity contribution is -0.112. The molecule has 3 aromatic rings. The zero-order valence-electron chi connectivity index (χ0n) is 19.3. The smallest absolute Gasteiger partial charge is 0.392 e. The number of nitrogens with zero attached hydrogens (tertiary/aromatic N) is 4. The first-order valence-corrected chi connectivity index (χ1v) is 13.4. The van der Waals surface area contributed by atoms with Crippen LogP contribution >= 0.6 is 19.7 Å². The normalized spacial score (nSPS) is 13.5. The molecule has 2 aromatic heterocycles. The Kier molecular flexibility index (Phi) is 9.28. The molecule has 0 aliphatic carbocycles. The number of aromatic nitrogens is 4. The lowest BCUT2D eigenvalue weighted by Crippen LogP contribution is -2.24. The Balaban J connectivity index is 1.70. The minimum Gasteiger partial charge on any atom is -0.494 e. The molecule has 1 atom stereocenters. The van der Waals surface area contributed by atoms with E-state index in [1.165, 1.54) is 18.1 Å². The van der Waals surface area contributed by atoms with Crippen molar-refractivity contribution in [2.24, 2.45) is 0 Å². The van der Waals surface area contributed by atoms with Crippen molar-refractivity contribution in [1.82, 2.24) is 19.5 Å². The third-order valence-electron chi connectivity index (χ3n) is 4.60. The molecule has 36 heavy (non-hydrogen) atoms. The van der Waals surface area contributed by atoms with Crippen LogP contribution in [0.15, 0.2) is 40.5 Å². The second-order valence-electron chi connectivity index (χ2n) is 7.79. The van der Waals surface area contributed by atoms with Gasteiger partial charge in [0, 0.05) is 4.90 Å². The molecule has 2 N–H and O–H groups in total. The number of imidazole rings is 1. The van der Waals surface area contributed by atoms with Crippen LogP contribution in [0.5, 0.6) is 5.75 Å². The molecule has 0 radical (unpaired) electrons. The summed E-state index contributed by atoms with van der Waals surface area (Å²) in [6.45, 7) is 4.08. The van der Waals surface area contributed by atoms with Crippen molar-refractivity contribution in [2.45, 2.75) is 48.8 Å². The highest BCUT2D eigenvalue weighted by molar-refractivity contribution is 7.99. The summed E-state index contributed by atoms with van der Waals surface area (Å²) in [5.41, 5.74) is 6.70. The van der Waals surface area contributed by atoms with E-state index in [-0.39, 0.29) is 12.5 Å². The van der Waals surface area contributed by atoms with Gasteiger partial charge in [0.05, 0.1) is 44.3 Å². The van der Waals surface area contributed by atoms with Gasteiger partial charge in [0.25, 0.3) is 0 Å². The Morgan fingerprint density at radius 3 is 2.28 bits per heavy atom. The van der Waals surface area contributed by atoms with E-state index in [0.29, 0.717) is 22.8 Å². The van der Waals surface area contributed by atoms with E-state index in [2.05, 4.69) is 15.0 Å². The number of hydrogen-bond acceptors (Lipinski definition) is 7. The fraction of sp³-hybridized carbons (Fsp3) is 0.476. The van der Waals surface area contributed by atoms with Crippen molar-refractivity contribution in [3.05, 3.63) is 30.6 Å². The van der Waals surface area contributed by atoms with E-state index in [9.17, 15) is 26.3 Å². The fourth-order valence-corrected chi connectivity index (χ4v) is 5.89. The molecule has 0 fully saturated rings. The van der Waals surface area contributed by atoms with Gasteiger partial charge in [-0.3, -0.25) is 0 Å². The van der Waals surface area contributed by atoms with Crippen molar-refractivity contribution in [3.8, 4) is 5.75 Å². The number of alkyl halides is 6. The fourth-order valence-electron chi connectivity index (χ4n) is 3.24. The molecular weight excluding hydrogens is 531 g/mol. The maximum atomic E-state index is 12.7. The van der Waals surface area contributed by atoms with Gasteiger partial charge in [0.15, 0.2) is 5.65 Å². The van der Waals surface area contributed by atoms with Crippen LogP contribution in [0.2, 0.25) is 0 Å². The molecule has 2 heterocycles. The number of nitrogens with two attached hydrogens (primary N) is 1. The van der Waals surface area contributed by atoms with Crippen LogP contribution in [0.4, 0.5) is 32.3 Å². The summed E-state index contributed by atoms with van der Waals surface area (Å²) in [5, 5.41) is 0.493. The molecule has 0 amide bonds. The summed E-state index contributed by atoms with van der Waals surface area (Å²) in [7, 11) is -2.47. The number of nitrogen functional groups attached to an aromatic ring is 1. The molecule has 7 nitrogen and oxygen atoms in total. The summed E-state index contributed by atoms with van der Waals surface area (Å²) in [5.74, 6) is 0.715. The number of benzene rings is 1. The largest absolute Gasteiger partial charge is 0.494 e. The first-order valence-electron chi connectivity index (χ1n) is 10.7. The molecule has 0 spiro atoms. The number of anilines is 1. The maximum absolute atomic E-state index is 12.7. The highest BCUT2D eigenvalue weighted by Crippen LogP contribution is 2.46. The van der Waals surface area contributed by atoms with Gasteiger partial charge in [-0.05, 0) is 38.1 Å². The van der Waals surface area contributed by atoms with Gasteiger partial charge in [-0.25, -0.2) is 9.97 Å². The summed E-state index contributed by atoms with van der Waals surface area (Å²) in [6, 6.07) is 7.34. The number of hydrogen-bond donors (Lipinski definition) is 1. The minimum atomic E-state index is -4.70. The van der Waals surface area contributed by atoms with Gasteiger partial charge >= 0.3 is 12.4 Å². The SMILES string of the molecule is CCOc1ccc(Sc2nc(N)nc3c2ncn3CC(C)OCP(CC(F)(F)F)CC(F)(F)F)cc1. The zero-order chi connectivity index (χ0) is 26.5. The van der Waals surface area contributed by atoms with Crippen LogP contribution in [0.1, 0.15) is 13.8 Å². The van der Waals surface area contributed by atoms with E-state index in [1.54, 1.807) is 11.5 Å². The van der Waals surface area contributed by atoms with E-state index >= 15 is 0 Å². The van der Waals surface area contributed by atoms with Gasteiger partial charge in [-0.2, -0.15) is 31.3 Å². The van der Waals surface area contributed by atoms with Crippen molar-refractivity contribution in [1.29, 1.82) is 0 Å². The first-order chi connectivity index (χ1) is 16.8. The Hall–Kier alpha value is -2.31. The molecule has 0 saturated heterocycles. The monoisotopic (exact) mass is 555 g/mol. The van der Waals surface area contributed by atoms with E-state index in [4.69, 9.17) is 15.2 Å². The third kappa shape index (κ3) is 8.67. The number of ether oxygens (including phenoxy) is 2. The molecule has 198 valence electrons.